The van der Waals surface area contributed by atoms with Gasteiger partial charge in [-0.15, -0.1) is 0 Å². The van der Waals surface area contributed by atoms with Crippen molar-refractivity contribution in [2.75, 3.05) is 26.2 Å². The minimum Gasteiger partial charge on any atom is -0.390 e. The Kier molecular flexibility index (Phi) is 6.59. The van der Waals surface area contributed by atoms with Gasteiger partial charge in [0.15, 0.2) is 0 Å². The molecular formula is C17H28N2O3S. The van der Waals surface area contributed by atoms with Crippen LogP contribution in [0.2, 0.25) is 0 Å². The number of nitrogens with zero attached hydrogens (tertiary/aromatic N) is 1. The molecule has 1 heterocycles. The van der Waals surface area contributed by atoms with Crippen LogP contribution in [0.5, 0.6) is 0 Å². The van der Waals surface area contributed by atoms with Crippen LogP contribution in [0.25, 0.3) is 0 Å². The quantitative estimate of drug-likeness (QED) is 0.789. The Morgan fingerprint density at radius 2 is 2.04 bits per heavy atom. The van der Waals surface area contributed by atoms with Crippen molar-refractivity contribution in [2.45, 2.75) is 38.5 Å². The SMILES string of the molecule is Cc1cccc(CS(=O)(=O)NC[C@H](O)CN2CCC(C)CC2)c1. The third-order valence-electron chi connectivity index (χ3n) is 4.32. The molecule has 1 aromatic carbocycles. The average Bonchev–Trinajstić information content (AvgIpc) is 2.47. The summed E-state index contributed by atoms with van der Waals surface area (Å²) in [5.41, 5.74) is 1.80. The van der Waals surface area contributed by atoms with Gasteiger partial charge in [-0.2, -0.15) is 0 Å². The van der Waals surface area contributed by atoms with Gasteiger partial charge in [-0.3, -0.25) is 0 Å². The first-order valence-corrected chi connectivity index (χ1v) is 9.92. The van der Waals surface area contributed by atoms with Crippen molar-refractivity contribution >= 4 is 10.0 Å². The summed E-state index contributed by atoms with van der Waals surface area (Å²) >= 11 is 0. The fourth-order valence-electron chi connectivity index (χ4n) is 2.90. The van der Waals surface area contributed by atoms with Crippen LogP contribution in [-0.4, -0.2) is 50.7 Å². The zero-order valence-electron chi connectivity index (χ0n) is 14.0. The van der Waals surface area contributed by atoms with Crippen LogP contribution in [0.4, 0.5) is 0 Å². The molecule has 0 bridgehead atoms. The smallest absolute Gasteiger partial charge is 0.215 e. The molecular weight excluding hydrogens is 312 g/mol. The number of rotatable bonds is 7. The normalized spacial score (nSPS) is 18.9. The van der Waals surface area contributed by atoms with E-state index in [0.29, 0.717) is 6.54 Å². The van der Waals surface area contributed by atoms with Gasteiger partial charge in [0, 0.05) is 13.1 Å². The van der Waals surface area contributed by atoms with E-state index in [1.54, 1.807) is 6.07 Å². The fraction of sp³-hybridized carbons (Fsp3) is 0.647. The molecule has 5 nitrogen and oxygen atoms in total. The lowest BCUT2D eigenvalue weighted by Crippen LogP contribution is -2.43. The van der Waals surface area contributed by atoms with Crippen LogP contribution in [-0.2, 0) is 15.8 Å². The number of hydrogen-bond acceptors (Lipinski definition) is 4. The molecule has 2 rings (SSSR count). The number of benzene rings is 1. The minimum absolute atomic E-state index is 0.0529. The Balaban J connectivity index is 1.77. The largest absolute Gasteiger partial charge is 0.390 e. The molecule has 1 saturated heterocycles. The molecule has 130 valence electrons. The highest BCUT2D eigenvalue weighted by molar-refractivity contribution is 7.88. The molecule has 1 aromatic rings. The predicted octanol–water partition coefficient (Wildman–Crippen LogP) is 1.51. The summed E-state index contributed by atoms with van der Waals surface area (Å²) < 4.78 is 26.8. The van der Waals surface area contributed by atoms with Gasteiger partial charge in [-0.05, 0) is 44.3 Å². The number of β-amino-alcohol motifs (C(OH)–C–C–N with tert-alkyl or cyclic N) is 1. The van der Waals surface area contributed by atoms with E-state index >= 15 is 0 Å². The van der Waals surface area contributed by atoms with E-state index in [2.05, 4.69) is 16.5 Å². The highest BCUT2D eigenvalue weighted by atomic mass is 32.2. The van der Waals surface area contributed by atoms with Gasteiger partial charge in [0.2, 0.25) is 10.0 Å². The summed E-state index contributed by atoms with van der Waals surface area (Å²) in [6.45, 7) is 6.74. The van der Waals surface area contributed by atoms with Crippen LogP contribution >= 0.6 is 0 Å². The zero-order valence-corrected chi connectivity index (χ0v) is 14.8. The molecule has 2 N–H and O–H groups in total. The topological polar surface area (TPSA) is 69.6 Å². The molecule has 0 aliphatic carbocycles. The number of aryl methyl sites for hydroxylation is 1. The zero-order chi connectivity index (χ0) is 16.9. The van der Waals surface area contributed by atoms with Crippen LogP contribution in [0.15, 0.2) is 24.3 Å². The molecule has 0 amide bonds. The molecule has 6 heteroatoms. The Morgan fingerprint density at radius 3 is 2.70 bits per heavy atom. The van der Waals surface area contributed by atoms with Crippen LogP contribution in [0, 0.1) is 12.8 Å². The van der Waals surface area contributed by atoms with Gasteiger partial charge in [0.25, 0.3) is 0 Å². The van der Waals surface area contributed by atoms with Crippen molar-refractivity contribution < 1.29 is 13.5 Å². The van der Waals surface area contributed by atoms with Gasteiger partial charge in [0.05, 0.1) is 11.9 Å². The first-order valence-electron chi connectivity index (χ1n) is 8.27. The lowest BCUT2D eigenvalue weighted by Gasteiger charge is -2.31. The van der Waals surface area contributed by atoms with Crippen molar-refractivity contribution in [3.05, 3.63) is 35.4 Å². The lowest BCUT2D eigenvalue weighted by molar-refractivity contribution is 0.0942. The van der Waals surface area contributed by atoms with Crippen molar-refractivity contribution in [3.63, 3.8) is 0 Å². The second kappa shape index (κ2) is 8.24. The molecule has 1 atom stereocenters. The second-order valence-electron chi connectivity index (χ2n) is 6.73. The first-order chi connectivity index (χ1) is 10.8. The summed E-state index contributed by atoms with van der Waals surface area (Å²) in [4.78, 5) is 2.21. The van der Waals surface area contributed by atoms with E-state index in [4.69, 9.17) is 0 Å². The number of aliphatic hydroxyl groups excluding tert-OH is 1. The molecule has 0 unspecified atom stereocenters. The molecule has 0 aromatic heterocycles. The van der Waals surface area contributed by atoms with E-state index in [9.17, 15) is 13.5 Å². The number of nitrogens with one attached hydrogen (secondary N) is 1. The van der Waals surface area contributed by atoms with Gasteiger partial charge >= 0.3 is 0 Å². The average molecular weight is 340 g/mol. The summed E-state index contributed by atoms with van der Waals surface area (Å²) in [5.74, 6) is 0.694. The summed E-state index contributed by atoms with van der Waals surface area (Å²) in [6, 6.07) is 7.46. The van der Waals surface area contributed by atoms with Crippen LogP contribution < -0.4 is 4.72 Å². The molecule has 0 radical (unpaired) electrons. The number of piperidine rings is 1. The predicted molar refractivity (Wildman–Crippen MR) is 92.7 cm³/mol. The summed E-state index contributed by atoms with van der Waals surface area (Å²) in [7, 11) is -3.42. The highest BCUT2D eigenvalue weighted by Crippen LogP contribution is 2.16. The lowest BCUT2D eigenvalue weighted by atomic mass is 9.99. The van der Waals surface area contributed by atoms with Crippen molar-refractivity contribution in [2.24, 2.45) is 5.92 Å². The third kappa shape index (κ3) is 6.59. The molecule has 23 heavy (non-hydrogen) atoms. The maximum atomic E-state index is 12.1. The van der Waals surface area contributed by atoms with Crippen LogP contribution in [0.3, 0.4) is 0 Å². The Morgan fingerprint density at radius 1 is 1.35 bits per heavy atom. The van der Waals surface area contributed by atoms with Gasteiger partial charge in [0.1, 0.15) is 0 Å². The maximum Gasteiger partial charge on any atom is 0.215 e. The molecule has 0 spiro atoms. The molecule has 1 fully saturated rings. The third-order valence-corrected chi connectivity index (χ3v) is 5.64. The van der Waals surface area contributed by atoms with Gasteiger partial charge in [-0.25, -0.2) is 13.1 Å². The number of sulfonamides is 1. The number of likely N-dealkylation sites (tertiary alicyclic amines) is 1. The van der Waals surface area contributed by atoms with Gasteiger partial charge < -0.3 is 10.0 Å². The number of hydrogen-bond donors (Lipinski definition) is 2. The fourth-order valence-corrected chi connectivity index (χ4v) is 4.07. The number of aliphatic hydroxyl groups is 1. The van der Waals surface area contributed by atoms with Gasteiger partial charge in [-0.1, -0.05) is 36.8 Å². The van der Waals surface area contributed by atoms with Crippen molar-refractivity contribution in [3.8, 4) is 0 Å². The van der Waals surface area contributed by atoms with E-state index < -0.39 is 16.1 Å². The minimum atomic E-state index is -3.42. The maximum absolute atomic E-state index is 12.1. The monoisotopic (exact) mass is 340 g/mol. The van der Waals surface area contributed by atoms with Crippen molar-refractivity contribution in [1.29, 1.82) is 0 Å². The van der Waals surface area contributed by atoms with E-state index in [1.165, 1.54) is 0 Å². The Bertz CT molecular complexity index is 596. The molecule has 1 aliphatic rings. The van der Waals surface area contributed by atoms with Crippen molar-refractivity contribution in [1.82, 2.24) is 9.62 Å². The Hall–Kier alpha value is -0.950. The molecule has 1 aliphatic heterocycles. The van der Waals surface area contributed by atoms with E-state index in [-0.39, 0.29) is 12.3 Å². The highest BCUT2D eigenvalue weighted by Gasteiger charge is 2.20. The molecule has 0 saturated carbocycles. The first kappa shape index (κ1) is 18.4. The Labute approximate surface area is 139 Å². The standard InChI is InChI=1S/C17H28N2O3S/c1-14-6-8-19(9-7-14)12-17(20)11-18-23(21,22)13-16-5-3-4-15(2)10-16/h3-5,10,14,17-18,20H,6-9,11-13H2,1-2H3/t17-/m0/s1. The van der Waals surface area contributed by atoms with E-state index in [1.807, 2.05) is 25.1 Å². The van der Waals surface area contributed by atoms with Crippen LogP contribution in [0.1, 0.15) is 30.9 Å². The summed E-state index contributed by atoms with van der Waals surface area (Å²) in [6.07, 6.45) is 1.62. The van der Waals surface area contributed by atoms with E-state index in [0.717, 1.165) is 43.0 Å². The summed E-state index contributed by atoms with van der Waals surface area (Å²) in [5, 5.41) is 10.1. The second-order valence-corrected chi connectivity index (χ2v) is 8.54.